The molecule has 2 heterocycles. The van der Waals surface area contributed by atoms with E-state index in [2.05, 4.69) is 9.97 Å². The molecule has 5 rings (SSSR count). The highest BCUT2D eigenvalue weighted by Crippen LogP contribution is 2.33. The van der Waals surface area contributed by atoms with Gasteiger partial charge in [-0.15, -0.1) is 0 Å². The Kier molecular flexibility index (Phi) is 4.83. The van der Waals surface area contributed by atoms with Crippen molar-refractivity contribution in [1.29, 1.82) is 0 Å². The Labute approximate surface area is 188 Å². The van der Waals surface area contributed by atoms with Crippen LogP contribution in [-0.2, 0) is 22.1 Å². The fourth-order valence-electron chi connectivity index (χ4n) is 4.02. The summed E-state index contributed by atoms with van der Waals surface area (Å²) in [6, 6.07) is 19.4. The molecule has 160 valence electrons. The second-order valence-corrected chi connectivity index (χ2v) is 10.1. The minimum absolute atomic E-state index is 0.00551. The number of hydrogen-bond donors (Lipinski definition) is 1. The summed E-state index contributed by atoms with van der Waals surface area (Å²) in [5.74, 6) is -0.273. The molecule has 0 saturated heterocycles. The van der Waals surface area contributed by atoms with E-state index < -0.39 is 9.05 Å². The lowest BCUT2D eigenvalue weighted by molar-refractivity contribution is 0.0747. The molecule has 0 spiro atoms. The Morgan fingerprint density at radius 1 is 0.938 bits per heavy atom. The van der Waals surface area contributed by atoms with Crippen LogP contribution in [0.5, 0.6) is 0 Å². The van der Waals surface area contributed by atoms with E-state index in [1.54, 1.807) is 41.3 Å². The molecule has 4 aromatic rings. The normalized spacial score (nSPS) is 13.3. The molecule has 0 unspecified atom stereocenters. The fourth-order valence-corrected chi connectivity index (χ4v) is 5.11. The zero-order valence-electron chi connectivity index (χ0n) is 16.7. The van der Waals surface area contributed by atoms with Gasteiger partial charge in [-0.25, -0.2) is 18.4 Å². The van der Waals surface area contributed by atoms with Gasteiger partial charge in [0, 0.05) is 34.7 Å². The third kappa shape index (κ3) is 3.57. The summed E-state index contributed by atoms with van der Waals surface area (Å²) in [6.07, 6.45) is 0. The second-order valence-electron chi connectivity index (χ2n) is 7.53. The van der Waals surface area contributed by atoms with Crippen molar-refractivity contribution < 1.29 is 13.2 Å². The molecule has 1 aliphatic rings. The van der Waals surface area contributed by atoms with Gasteiger partial charge in [0.05, 0.1) is 10.4 Å². The van der Waals surface area contributed by atoms with Crippen LogP contribution in [0.25, 0.3) is 22.0 Å². The average Bonchev–Trinajstić information content (AvgIpc) is 3.21. The molecule has 3 aromatic carbocycles. The van der Waals surface area contributed by atoms with Crippen LogP contribution in [0.1, 0.15) is 21.6 Å². The minimum Gasteiger partial charge on any atom is -0.368 e. The first-order chi connectivity index (χ1) is 15.3. The number of fused-ring (bicyclic) bond motifs is 2. The number of halogens is 1. The molecule has 0 saturated carbocycles. The smallest absolute Gasteiger partial charge is 0.273 e. The van der Waals surface area contributed by atoms with Gasteiger partial charge in [-0.3, -0.25) is 4.79 Å². The van der Waals surface area contributed by atoms with Crippen molar-refractivity contribution in [2.45, 2.75) is 18.0 Å². The van der Waals surface area contributed by atoms with Crippen LogP contribution in [0.2, 0.25) is 0 Å². The van der Waals surface area contributed by atoms with E-state index >= 15 is 0 Å². The van der Waals surface area contributed by atoms with Gasteiger partial charge >= 0.3 is 0 Å². The van der Waals surface area contributed by atoms with Crippen LogP contribution < -0.4 is 5.73 Å². The maximum absolute atomic E-state index is 13.4. The number of nitrogen functional groups attached to an aromatic ring is 1. The first-order valence-corrected chi connectivity index (χ1v) is 12.1. The summed E-state index contributed by atoms with van der Waals surface area (Å²) in [6.45, 7) is 0.959. The first-order valence-electron chi connectivity index (χ1n) is 9.78. The van der Waals surface area contributed by atoms with E-state index in [4.69, 9.17) is 16.4 Å². The molecule has 0 fully saturated rings. The third-order valence-electron chi connectivity index (χ3n) is 5.50. The summed E-state index contributed by atoms with van der Waals surface area (Å²) >= 11 is 0. The number of amides is 1. The first kappa shape index (κ1) is 20.4. The summed E-state index contributed by atoms with van der Waals surface area (Å²) in [7, 11) is 1.67. The Hall–Kier alpha value is -3.49. The number of aromatic nitrogens is 2. The lowest BCUT2D eigenvalue weighted by Crippen LogP contribution is -2.27. The molecule has 1 amide bonds. The van der Waals surface area contributed by atoms with Gasteiger partial charge in [-0.2, -0.15) is 0 Å². The Morgan fingerprint density at radius 3 is 2.28 bits per heavy atom. The van der Waals surface area contributed by atoms with Crippen molar-refractivity contribution in [3.63, 3.8) is 0 Å². The van der Waals surface area contributed by atoms with E-state index in [9.17, 15) is 13.2 Å². The summed E-state index contributed by atoms with van der Waals surface area (Å²) < 4.78 is 24.1. The van der Waals surface area contributed by atoms with Crippen LogP contribution in [-0.4, -0.2) is 29.2 Å². The second kappa shape index (κ2) is 7.58. The number of nitrogens with two attached hydrogens (primary N) is 1. The van der Waals surface area contributed by atoms with Gasteiger partial charge in [-0.05, 0) is 34.9 Å². The van der Waals surface area contributed by atoms with E-state index in [1.165, 1.54) is 6.07 Å². The van der Waals surface area contributed by atoms with Crippen LogP contribution >= 0.6 is 10.7 Å². The van der Waals surface area contributed by atoms with Gasteiger partial charge in [0.15, 0.2) is 0 Å². The summed E-state index contributed by atoms with van der Waals surface area (Å²) in [5.41, 5.74) is 9.73. The molecule has 7 nitrogen and oxygen atoms in total. The highest BCUT2D eigenvalue weighted by Gasteiger charge is 2.27. The van der Waals surface area contributed by atoms with Crippen molar-refractivity contribution >= 4 is 42.5 Å². The molecule has 32 heavy (non-hydrogen) atoms. The molecule has 1 aliphatic heterocycles. The van der Waals surface area contributed by atoms with Crippen LogP contribution in [0.15, 0.2) is 71.6 Å². The lowest BCUT2D eigenvalue weighted by atomic mass is 10.0. The third-order valence-corrected chi connectivity index (χ3v) is 6.88. The zero-order valence-corrected chi connectivity index (χ0v) is 18.3. The van der Waals surface area contributed by atoms with Gasteiger partial charge in [0.25, 0.3) is 15.0 Å². The van der Waals surface area contributed by atoms with E-state index in [0.29, 0.717) is 35.1 Å². The molecule has 2 N–H and O–H groups in total. The van der Waals surface area contributed by atoms with Crippen molar-refractivity contribution in [1.82, 2.24) is 14.9 Å². The predicted octanol–water partition coefficient (Wildman–Crippen LogP) is 3.96. The Bertz CT molecular complexity index is 1480. The van der Waals surface area contributed by atoms with Gasteiger partial charge in [-0.1, -0.05) is 48.5 Å². The monoisotopic (exact) mass is 464 g/mol. The molecule has 1 aromatic heterocycles. The highest BCUT2D eigenvalue weighted by molar-refractivity contribution is 8.13. The molecule has 0 radical (unpaired) electrons. The van der Waals surface area contributed by atoms with E-state index in [-0.39, 0.29) is 22.4 Å². The van der Waals surface area contributed by atoms with Crippen LogP contribution in [0, 0.1) is 0 Å². The number of hydrogen-bond acceptors (Lipinski definition) is 6. The average molecular weight is 465 g/mol. The van der Waals surface area contributed by atoms with Gasteiger partial charge in [0.1, 0.15) is 5.69 Å². The number of nitrogens with zero attached hydrogens (tertiary/aromatic N) is 3. The summed E-state index contributed by atoms with van der Waals surface area (Å²) in [5, 5.41) is 0.486. The quantitative estimate of drug-likeness (QED) is 0.460. The van der Waals surface area contributed by atoms with Gasteiger partial charge in [0.2, 0.25) is 5.95 Å². The van der Waals surface area contributed by atoms with Crippen LogP contribution in [0.3, 0.4) is 0 Å². The Morgan fingerprint density at radius 2 is 1.59 bits per heavy atom. The highest BCUT2D eigenvalue weighted by atomic mass is 35.7. The standard InChI is InChI=1S/C23H17ClN4O3S/c24-32(30,31)20-8-4-3-7-17(20)14-9-10-19-18(11-14)21(27-23(25)26-19)22(29)28-12-15-5-1-2-6-16(15)13-28/h1-11H,12-13H2,(H2,25,26,27). The molecular weight excluding hydrogens is 448 g/mol. The molecule has 0 atom stereocenters. The van der Waals surface area contributed by atoms with Crippen molar-refractivity contribution in [3.8, 4) is 11.1 Å². The molecule has 0 bridgehead atoms. The van der Waals surface area contributed by atoms with Gasteiger partial charge < -0.3 is 10.6 Å². The SMILES string of the molecule is Nc1nc(C(=O)N2Cc3ccccc3C2)c2cc(-c3ccccc3S(=O)(=O)Cl)ccc2n1. The van der Waals surface area contributed by atoms with Crippen molar-refractivity contribution in [2.75, 3.05) is 5.73 Å². The molecular formula is C23H17ClN4O3S. The number of rotatable bonds is 3. The van der Waals surface area contributed by atoms with Crippen LogP contribution in [0.4, 0.5) is 5.95 Å². The van der Waals surface area contributed by atoms with E-state index in [0.717, 1.165) is 11.1 Å². The topological polar surface area (TPSA) is 106 Å². The minimum atomic E-state index is -3.97. The number of carbonyl (C=O) groups excluding carboxylic acids is 1. The number of benzene rings is 3. The molecule has 9 heteroatoms. The zero-order chi connectivity index (χ0) is 22.5. The number of carbonyl (C=O) groups is 1. The lowest BCUT2D eigenvalue weighted by Gasteiger charge is -2.17. The number of anilines is 1. The Balaban J connectivity index is 1.63. The van der Waals surface area contributed by atoms with Crippen molar-refractivity contribution in [2.24, 2.45) is 0 Å². The predicted molar refractivity (Wildman–Crippen MR) is 122 cm³/mol. The van der Waals surface area contributed by atoms with Crippen molar-refractivity contribution in [3.05, 3.63) is 83.6 Å². The fraction of sp³-hybridized carbons (Fsp3) is 0.0870. The van der Waals surface area contributed by atoms with E-state index in [1.807, 2.05) is 24.3 Å². The largest absolute Gasteiger partial charge is 0.368 e. The summed E-state index contributed by atoms with van der Waals surface area (Å²) in [4.78, 5) is 23.6. The maximum atomic E-state index is 13.4. The molecule has 0 aliphatic carbocycles. The maximum Gasteiger partial charge on any atom is 0.273 e.